The summed E-state index contributed by atoms with van der Waals surface area (Å²) in [4.78, 5) is 4.28. The first-order chi connectivity index (χ1) is 13.5. The Kier molecular flexibility index (Phi) is 12.5. The monoisotopic (exact) mass is 392 g/mol. The molecule has 0 bridgehead atoms. The van der Waals surface area contributed by atoms with Crippen molar-refractivity contribution in [1.82, 2.24) is 16.0 Å². The molecule has 28 heavy (non-hydrogen) atoms. The van der Waals surface area contributed by atoms with Crippen LogP contribution in [0, 0.1) is 0 Å². The zero-order chi connectivity index (χ0) is 20.7. The summed E-state index contributed by atoms with van der Waals surface area (Å²) in [5.74, 6) is 0.782. The molecule has 0 aliphatic heterocycles. The van der Waals surface area contributed by atoms with E-state index in [0.29, 0.717) is 26.4 Å². The van der Waals surface area contributed by atoms with Gasteiger partial charge >= 0.3 is 0 Å². The standard InChI is InChI=1S/C22H40N4O2/c1-6-7-14-27-16-17-28-15-13-24-21(23-5)25-18-22(3,4)26-19(2)20-11-9-8-10-12-20/h8-12,19,26H,6-7,13-18H2,1-5H3,(H2,23,24,25). The molecule has 6 heteroatoms. The number of benzene rings is 1. The average molecular weight is 393 g/mol. The van der Waals surface area contributed by atoms with E-state index in [9.17, 15) is 0 Å². The molecular formula is C22H40N4O2. The van der Waals surface area contributed by atoms with Gasteiger partial charge in [-0.25, -0.2) is 0 Å². The molecule has 0 heterocycles. The Balaban J connectivity index is 2.20. The number of unbranched alkanes of at least 4 members (excludes halogenated alkanes) is 1. The first-order valence-electron chi connectivity index (χ1n) is 10.4. The van der Waals surface area contributed by atoms with Crippen LogP contribution in [0.1, 0.15) is 52.1 Å². The van der Waals surface area contributed by atoms with Gasteiger partial charge in [0.2, 0.25) is 0 Å². The number of hydrogen-bond acceptors (Lipinski definition) is 4. The second kappa shape index (κ2) is 14.4. The van der Waals surface area contributed by atoms with Crippen molar-refractivity contribution >= 4 is 5.96 Å². The van der Waals surface area contributed by atoms with E-state index in [2.05, 4.69) is 72.9 Å². The van der Waals surface area contributed by atoms with Crippen LogP contribution in [0.15, 0.2) is 35.3 Å². The average Bonchev–Trinajstić information content (AvgIpc) is 2.69. The Morgan fingerprint density at radius 1 is 1.04 bits per heavy atom. The van der Waals surface area contributed by atoms with Crippen LogP contribution in [0.3, 0.4) is 0 Å². The fourth-order valence-corrected chi connectivity index (χ4v) is 2.80. The van der Waals surface area contributed by atoms with E-state index in [1.54, 1.807) is 7.05 Å². The van der Waals surface area contributed by atoms with Gasteiger partial charge < -0.3 is 25.4 Å². The van der Waals surface area contributed by atoms with Crippen LogP contribution in [0.4, 0.5) is 0 Å². The number of hydrogen-bond donors (Lipinski definition) is 3. The van der Waals surface area contributed by atoms with Crippen LogP contribution in [0.25, 0.3) is 0 Å². The van der Waals surface area contributed by atoms with E-state index in [4.69, 9.17) is 9.47 Å². The number of rotatable bonds is 14. The van der Waals surface area contributed by atoms with Gasteiger partial charge in [0.15, 0.2) is 5.96 Å². The molecule has 0 spiro atoms. The third-order valence-electron chi connectivity index (χ3n) is 4.38. The van der Waals surface area contributed by atoms with E-state index < -0.39 is 0 Å². The number of ether oxygens (including phenoxy) is 2. The lowest BCUT2D eigenvalue weighted by atomic mass is 10.0. The zero-order valence-corrected chi connectivity index (χ0v) is 18.4. The fraction of sp³-hybridized carbons (Fsp3) is 0.682. The number of nitrogens with zero attached hydrogens (tertiary/aromatic N) is 1. The Hall–Kier alpha value is -1.63. The summed E-state index contributed by atoms with van der Waals surface area (Å²) in [6.07, 6.45) is 2.27. The van der Waals surface area contributed by atoms with E-state index >= 15 is 0 Å². The van der Waals surface area contributed by atoms with Crippen molar-refractivity contribution < 1.29 is 9.47 Å². The van der Waals surface area contributed by atoms with Crippen molar-refractivity contribution in [1.29, 1.82) is 0 Å². The van der Waals surface area contributed by atoms with Gasteiger partial charge in [-0.05, 0) is 32.8 Å². The molecule has 160 valence electrons. The summed E-state index contributed by atoms with van der Waals surface area (Å²) in [6.45, 7) is 12.9. The molecule has 0 amide bonds. The highest BCUT2D eigenvalue weighted by Crippen LogP contribution is 2.15. The molecule has 1 atom stereocenters. The molecule has 1 rings (SSSR count). The van der Waals surface area contributed by atoms with E-state index in [0.717, 1.165) is 32.0 Å². The van der Waals surface area contributed by atoms with Crippen LogP contribution in [0.2, 0.25) is 0 Å². The minimum Gasteiger partial charge on any atom is -0.379 e. The summed E-state index contributed by atoms with van der Waals surface area (Å²) in [6, 6.07) is 10.8. The maximum atomic E-state index is 5.57. The molecule has 0 aromatic heterocycles. The van der Waals surface area contributed by atoms with Gasteiger partial charge in [0.1, 0.15) is 0 Å². The van der Waals surface area contributed by atoms with Crippen molar-refractivity contribution in [3.05, 3.63) is 35.9 Å². The topological polar surface area (TPSA) is 66.9 Å². The Labute approximate surface area is 171 Å². The molecule has 0 aliphatic carbocycles. The third kappa shape index (κ3) is 11.3. The van der Waals surface area contributed by atoms with Crippen molar-refractivity contribution in [2.75, 3.05) is 46.6 Å². The predicted octanol–water partition coefficient (Wildman–Crippen LogP) is 3.11. The van der Waals surface area contributed by atoms with Crippen LogP contribution < -0.4 is 16.0 Å². The highest BCUT2D eigenvalue weighted by atomic mass is 16.5. The number of aliphatic imine (C=N–C) groups is 1. The van der Waals surface area contributed by atoms with Crippen molar-refractivity contribution in [3.8, 4) is 0 Å². The highest BCUT2D eigenvalue weighted by molar-refractivity contribution is 5.79. The molecule has 0 fully saturated rings. The van der Waals surface area contributed by atoms with Gasteiger partial charge in [-0.15, -0.1) is 0 Å². The molecule has 6 nitrogen and oxygen atoms in total. The van der Waals surface area contributed by atoms with E-state index in [1.165, 1.54) is 5.56 Å². The summed E-state index contributed by atoms with van der Waals surface area (Å²) in [7, 11) is 1.78. The van der Waals surface area contributed by atoms with Gasteiger partial charge in [0.25, 0.3) is 0 Å². The molecule has 3 N–H and O–H groups in total. The normalized spacial score (nSPS) is 13.4. The lowest BCUT2D eigenvalue weighted by Gasteiger charge is -2.31. The molecule has 1 aromatic rings. The van der Waals surface area contributed by atoms with Gasteiger partial charge in [-0.1, -0.05) is 43.7 Å². The van der Waals surface area contributed by atoms with E-state index in [1.807, 2.05) is 6.07 Å². The Morgan fingerprint density at radius 2 is 1.71 bits per heavy atom. The second-order valence-corrected chi connectivity index (χ2v) is 7.59. The van der Waals surface area contributed by atoms with Gasteiger partial charge in [-0.2, -0.15) is 0 Å². The van der Waals surface area contributed by atoms with Crippen molar-refractivity contribution in [2.45, 2.75) is 52.1 Å². The molecule has 0 saturated carbocycles. The number of nitrogens with one attached hydrogen (secondary N) is 3. The lowest BCUT2D eigenvalue weighted by Crippen LogP contribution is -2.52. The third-order valence-corrected chi connectivity index (χ3v) is 4.38. The Morgan fingerprint density at radius 3 is 2.36 bits per heavy atom. The van der Waals surface area contributed by atoms with E-state index in [-0.39, 0.29) is 11.6 Å². The summed E-state index contributed by atoms with van der Waals surface area (Å²) in [5, 5.41) is 10.3. The fourth-order valence-electron chi connectivity index (χ4n) is 2.80. The maximum Gasteiger partial charge on any atom is 0.191 e. The summed E-state index contributed by atoms with van der Waals surface area (Å²) < 4.78 is 11.0. The zero-order valence-electron chi connectivity index (χ0n) is 18.4. The van der Waals surface area contributed by atoms with Crippen molar-refractivity contribution in [3.63, 3.8) is 0 Å². The molecule has 1 aromatic carbocycles. The quantitative estimate of drug-likeness (QED) is 0.258. The molecule has 0 aliphatic rings. The first-order valence-corrected chi connectivity index (χ1v) is 10.4. The second-order valence-electron chi connectivity index (χ2n) is 7.59. The minimum atomic E-state index is -0.0841. The van der Waals surface area contributed by atoms with Crippen LogP contribution in [-0.2, 0) is 9.47 Å². The molecular weight excluding hydrogens is 352 g/mol. The van der Waals surface area contributed by atoms with Crippen molar-refractivity contribution in [2.24, 2.45) is 4.99 Å². The molecule has 0 radical (unpaired) electrons. The Bertz CT molecular complexity index is 535. The molecule has 0 saturated heterocycles. The first kappa shape index (κ1) is 24.4. The summed E-state index contributed by atoms with van der Waals surface area (Å²) >= 11 is 0. The van der Waals surface area contributed by atoms with Gasteiger partial charge in [0, 0.05) is 38.3 Å². The predicted molar refractivity (Wildman–Crippen MR) is 118 cm³/mol. The maximum absolute atomic E-state index is 5.57. The smallest absolute Gasteiger partial charge is 0.191 e. The highest BCUT2D eigenvalue weighted by Gasteiger charge is 2.21. The SMILES string of the molecule is CCCCOCCOCCNC(=NC)NCC(C)(C)NC(C)c1ccccc1. The van der Waals surface area contributed by atoms with Crippen LogP contribution in [0.5, 0.6) is 0 Å². The van der Waals surface area contributed by atoms with Crippen LogP contribution >= 0.6 is 0 Å². The largest absolute Gasteiger partial charge is 0.379 e. The van der Waals surface area contributed by atoms with Gasteiger partial charge in [0.05, 0.1) is 19.8 Å². The van der Waals surface area contributed by atoms with Gasteiger partial charge in [-0.3, -0.25) is 4.99 Å². The minimum absolute atomic E-state index is 0.0841. The molecule has 1 unspecified atom stereocenters. The summed E-state index contributed by atoms with van der Waals surface area (Å²) in [5.41, 5.74) is 1.20. The lowest BCUT2D eigenvalue weighted by molar-refractivity contribution is 0.0487. The number of guanidine groups is 1. The van der Waals surface area contributed by atoms with Crippen LogP contribution in [-0.4, -0.2) is 58.1 Å².